The molecule has 1 unspecified atom stereocenters. The summed E-state index contributed by atoms with van der Waals surface area (Å²) >= 11 is 0. The molecule has 0 radical (unpaired) electrons. The Morgan fingerprint density at radius 3 is 2.81 bits per heavy atom. The van der Waals surface area contributed by atoms with Crippen LogP contribution in [0.15, 0.2) is 24.3 Å². The first-order chi connectivity index (χ1) is 7.50. The molecule has 16 heavy (non-hydrogen) atoms. The molecule has 0 amide bonds. The fourth-order valence-electron chi connectivity index (χ4n) is 1.33. The van der Waals surface area contributed by atoms with Gasteiger partial charge in [-0.2, -0.15) is 0 Å². The van der Waals surface area contributed by atoms with Crippen LogP contribution in [0.2, 0.25) is 0 Å². The topological polar surface area (TPSA) is 80.4 Å². The Kier molecular flexibility index (Phi) is 3.99. The number of rotatable bonds is 5. The van der Waals surface area contributed by atoms with Crippen molar-refractivity contribution in [1.29, 1.82) is 0 Å². The maximum Gasteiger partial charge on any atom is 0.306 e. The van der Waals surface area contributed by atoms with E-state index < -0.39 is 16.8 Å². The molecule has 0 aliphatic carbocycles. The van der Waals surface area contributed by atoms with E-state index in [0.29, 0.717) is 12.8 Å². The number of non-ortho nitro benzene ring substituents is 1. The molecule has 0 saturated heterocycles. The van der Waals surface area contributed by atoms with Crippen molar-refractivity contribution in [3.63, 3.8) is 0 Å². The number of carboxylic acid groups (broad SMARTS) is 1. The van der Waals surface area contributed by atoms with E-state index in [9.17, 15) is 14.9 Å². The predicted octanol–water partition coefficient (Wildman–Crippen LogP) is 2.25. The normalized spacial score (nSPS) is 12.1. The van der Waals surface area contributed by atoms with Gasteiger partial charge in [0.2, 0.25) is 0 Å². The minimum atomic E-state index is -0.842. The Labute approximate surface area is 92.9 Å². The average Bonchev–Trinajstić information content (AvgIpc) is 2.26. The first-order valence-corrected chi connectivity index (χ1v) is 4.97. The van der Waals surface area contributed by atoms with Gasteiger partial charge in [-0.1, -0.05) is 19.1 Å². The zero-order valence-electron chi connectivity index (χ0n) is 8.92. The van der Waals surface area contributed by atoms with Crippen molar-refractivity contribution in [2.24, 2.45) is 5.92 Å². The molecule has 1 N–H and O–H groups in total. The Hall–Kier alpha value is -1.91. The molecule has 5 nitrogen and oxygen atoms in total. The maximum absolute atomic E-state index is 10.6. The number of benzene rings is 1. The molecule has 1 aromatic carbocycles. The highest BCUT2D eigenvalue weighted by atomic mass is 16.6. The minimum absolute atomic E-state index is 0.0421. The summed E-state index contributed by atoms with van der Waals surface area (Å²) in [6.45, 7) is 1.62. The molecule has 0 fully saturated rings. The molecule has 0 heterocycles. The number of hydrogen-bond acceptors (Lipinski definition) is 3. The molecule has 0 spiro atoms. The molecule has 0 saturated carbocycles. The maximum atomic E-state index is 10.6. The van der Waals surface area contributed by atoms with E-state index in [0.717, 1.165) is 5.56 Å². The number of nitro groups is 1. The summed E-state index contributed by atoms with van der Waals surface area (Å²) in [5, 5.41) is 19.2. The van der Waals surface area contributed by atoms with Crippen molar-refractivity contribution in [3.05, 3.63) is 39.9 Å². The van der Waals surface area contributed by atoms with E-state index in [1.54, 1.807) is 19.1 Å². The van der Waals surface area contributed by atoms with Crippen LogP contribution in [0.3, 0.4) is 0 Å². The Morgan fingerprint density at radius 2 is 2.25 bits per heavy atom. The summed E-state index contributed by atoms with van der Waals surface area (Å²) in [6.07, 6.45) is 1.02. The molecule has 0 aromatic heterocycles. The van der Waals surface area contributed by atoms with Crippen LogP contribution in [-0.4, -0.2) is 16.0 Å². The summed E-state index contributed by atoms with van der Waals surface area (Å²) in [5.41, 5.74) is 0.836. The van der Waals surface area contributed by atoms with E-state index in [2.05, 4.69) is 0 Å². The van der Waals surface area contributed by atoms with Gasteiger partial charge in [0, 0.05) is 12.1 Å². The largest absolute Gasteiger partial charge is 0.481 e. The van der Waals surface area contributed by atoms with E-state index in [1.807, 2.05) is 0 Å². The summed E-state index contributed by atoms with van der Waals surface area (Å²) in [5.74, 6) is -1.27. The number of aliphatic carboxylic acids is 1. The van der Waals surface area contributed by atoms with Crippen molar-refractivity contribution in [3.8, 4) is 0 Å². The second kappa shape index (κ2) is 5.25. The van der Waals surface area contributed by atoms with Crippen molar-refractivity contribution >= 4 is 11.7 Å². The van der Waals surface area contributed by atoms with Gasteiger partial charge in [-0.05, 0) is 18.4 Å². The molecule has 1 rings (SSSR count). The molecule has 0 aliphatic heterocycles. The van der Waals surface area contributed by atoms with Crippen LogP contribution in [0.25, 0.3) is 0 Å². The van der Waals surface area contributed by atoms with Crippen LogP contribution in [0.4, 0.5) is 5.69 Å². The third kappa shape index (κ3) is 3.34. The summed E-state index contributed by atoms with van der Waals surface area (Å²) < 4.78 is 0. The lowest BCUT2D eigenvalue weighted by molar-refractivity contribution is -0.384. The van der Waals surface area contributed by atoms with Crippen LogP contribution in [0.1, 0.15) is 18.9 Å². The number of carbonyl (C=O) groups is 1. The first kappa shape index (κ1) is 12.2. The Balaban J connectivity index is 2.64. The van der Waals surface area contributed by atoms with Crippen LogP contribution < -0.4 is 0 Å². The van der Waals surface area contributed by atoms with E-state index in [-0.39, 0.29) is 5.69 Å². The molecule has 0 aliphatic rings. The first-order valence-electron chi connectivity index (χ1n) is 4.97. The van der Waals surface area contributed by atoms with Gasteiger partial charge >= 0.3 is 5.97 Å². The Morgan fingerprint density at radius 1 is 1.56 bits per heavy atom. The van der Waals surface area contributed by atoms with Crippen molar-refractivity contribution in [1.82, 2.24) is 0 Å². The molecule has 1 atom stereocenters. The number of nitrogens with zero attached hydrogens (tertiary/aromatic N) is 1. The van der Waals surface area contributed by atoms with Crippen molar-refractivity contribution < 1.29 is 14.8 Å². The lowest BCUT2D eigenvalue weighted by atomic mass is 10.0. The van der Waals surface area contributed by atoms with Crippen LogP contribution in [0, 0.1) is 16.0 Å². The number of carboxylic acids is 1. The van der Waals surface area contributed by atoms with Gasteiger partial charge < -0.3 is 5.11 Å². The van der Waals surface area contributed by atoms with Crippen molar-refractivity contribution in [2.45, 2.75) is 19.8 Å². The van der Waals surface area contributed by atoms with Gasteiger partial charge in [-0.3, -0.25) is 14.9 Å². The lowest BCUT2D eigenvalue weighted by Gasteiger charge is -2.05. The van der Waals surface area contributed by atoms with E-state index >= 15 is 0 Å². The molecule has 0 bridgehead atoms. The summed E-state index contributed by atoms with van der Waals surface area (Å²) in [7, 11) is 0. The third-order valence-electron chi connectivity index (χ3n) is 2.41. The SMILES string of the molecule is CC(CCc1cccc([N+](=O)[O-])c1)C(=O)O. The van der Waals surface area contributed by atoms with E-state index in [4.69, 9.17) is 5.11 Å². The number of hydrogen-bond donors (Lipinski definition) is 1. The average molecular weight is 223 g/mol. The Bertz CT molecular complexity index is 403. The lowest BCUT2D eigenvalue weighted by Crippen LogP contribution is -2.10. The second-order valence-corrected chi connectivity index (χ2v) is 3.70. The predicted molar refractivity (Wildman–Crippen MR) is 58.2 cm³/mol. The molecule has 1 aromatic rings. The van der Waals surface area contributed by atoms with Crippen LogP contribution >= 0.6 is 0 Å². The fraction of sp³-hybridized carbons (Fsp3) is 0.364. The number of nitro benzene ring substituents is 1. The van der Waals surface area contributed by atoms with Gasteiger partial charge in [-0.15, -0.1) is 0 Å². The number of aryl methyl sites for hydroxylation is 1. The molecular formula is C11H13NO4. The minimum Gasteiger partial charge on any atom is -0.481 e. The van der Waals surface area contributed by atoms with Gasteiger partial charge in [0.25, 0.3) is 5.69 Å². The van der Waals surface area contributed by atoms with Gasteiger partial charge in [0.05, 0.1) is 10.8 Å². The highest BCUT2D eigenvalue weighted by molar-refractivity contribution is 5.69. The zero-order valence-corrected chi connectivity index (χ0v) is 8.92. The molecule has 86 valence electrons. The third-order valence-corrected chi connectivity index (χ3v) is 2.41. The summed E-state index contributed by atoms with van der Waals surface area (Å²) in [4.78, 5) is 20.6. The van der Waals surface area contributed by atoms with Gasteiger partial charge in [0.15, 0.2) is 0 Å². The smallest absolute Gasteiger partial charge is 0.306 e. The standard InChI is InChI=1S/C11H13NO4/c1-8(11(13)14)5-6-9-3-2-4-10(7-9)12(15)16/h2-4,7-8H,5-6H2,1H3,(H,13,14). The van der Waals surface area contributed by atoms with Crippen molar-refractivity contribution in [2.75, 3.05) is 0 Å². The van der Waals surface area contributed by atoms with Crippen LogP contribution in [-0.2, 0) is 11.2 Å². The summed E-state index contributed by atoms with van der Waals surface area (Å²) in [6, 6.07) is 6.28. The molecule has 5 heteroatoms. The molecular weight excluding hydrogens is 210 g/mol. The quantitative estimate of drug-likeness (QED) is 0.613. The van der Waals surface area contributed by atoms with Crippen LogP contribution in [0.5, 0.6) is 0 Å². The fourth-order valence-corrected chi connectivity index (χ4v) is 1.33. The second-order valence-electron chi connectivity index (χ2n) is 3.70. The highest BCUT2D eigenvalue weighted by Gasteiger charge is 2.11. The van der Waals surface area contributed by atoms with Gasteiger partial charge in [-0.25, -0.2) is 0 Å². The van der Waals surface area contributed by atoms with E-state index in [1.165, 1.54) is 12.1 Å². The van der Waals surface area contributed by atoms with Gasteiger partial charge in [0.1, 0.15) is 0 Å². The monoisotopic (exact) mass is 223 g/mol. The zero-order chi connectivity index (χ0) is 12.1. The highest BCUT2D eigenvalue weighted by Crippen LogP contribution is 2.16.